The van der Waals surface area contributed by atoms with Crippen LogP contribution in [0.25, 0.3) is 0 Å². The highest BCUT2D eigenvalue weighted by molar-refractivity contribution is 7.47. The van der Waals surface area contributed by atoms with E-state index in [0.717, 1.165) is 30.4 Å². The summed E-state index contributed by atoms with van der Waals surface area (Å²) in [5.74, 6) is -0.534. The molecule has 0 radical (unpaired) electrons. The number of phosphoric ester groups is 1. The van der Waals surface area contributed by atoms with Gasteiger partial charge in [0.2, 0.25) is 0 Å². The van der Waals surface area contributed by atoms with Crippen molar-refractivity contribution in [2.45, 2.75) is 97.2 Å². The molecule has 1 saturated carbocycles. The van der Waals surface area contributed by atoms with Crippen LogP contribution in [-0.4, -0.2) is 27.7 Å². The van der Waals surface area contributed by atoms with E-state index in [2.05, 4.69) is 19.6 Å². The number of phenols is 1. The second-order valence-electron chi connectivity index (χ2n) is 10.3. The van der Waals surface area contributed by atoms with Crippen molar-refractivity contribution in [3.05, 3.63) is 47.1 Å². The lowest BCUT2D eigenvalue weighted by molar-refractivity contribution is -0.163. The van der Waals surface area contributed by atoms with Gasteiger partial charge in [-0.3, -0.25) is 9.05 Å². The molecule has 8 heteroatoms. The minimum absolute atomic E-state index is 0.0699. The van der Waals surface area contributed by atoms with Crippen LogP contribution >= 0.6 is 7.82 Å². The van der Waals surface area contributed by atoms with E-state index in [-0.39, 0.29) is 36.2 Å². The number of allylic oxidation sites excluding steroid dienone is 3. The maximum absolute atomic E-state index is 13.4. The van der Waals surface area contributed by atoms with Gasteiger partial charge in [-0.2, -0.15) is 0 Å². The number of aryl methyl sites for hydroxylation is 1. The summed E-state index contributed by atoms with van der Waals surface area (Å²) in [4.78, 5) is 23.6. The number of hydrogen-bond acceptors (Lipinski definition) is 6. The van der Waals surface area contributed by atoms with Gasteiger partial charge in [0.05, 0.1) is 6.10 Å². The highest BCUT2D eigenvalue weighted by Gasteiger charge is 2.52. The van der Waals surface area contributed by atoms with Gasteiger partial charge in [0.25, 0.3) is 0 Å². The van der Waals surface area contributed by atoms with Gasteiger partial charge in [0.15, 0.2) is 5.60 Å². The molecule has 1 unspecified atom stereocenters. The van der Waals surface area contributed by atoms with Crippen LogP contribution in [0.4, 0.5) is 0 Å². The Morgan fingerprint density at radius 1 is 1.31 bits per heavy atom. The number of carbonyl (C=O) groups is 1. The Bertz CT molecular complexity index is 1040. The summed E-state index contributed by atoms with van der Waals surface area (Å²) in [6, 6.07) is 3.52. The van der Waals surface area contributed by atoms with Crippen LogP contribution in [0.5, 0.6) is 11.5 Å². The molecule has 1 fully saturated rings. The Labute approximate surface area is 208 Å². The number of phenolic OH excluding ortho intramolecular Hbond substituents is 1. The molecule has 0 amide bonds. The fraction of sp³-hybridized carbons (Fsp3) is 0.593. The molecule has 0 heterocycles. The zero-order valence-corrected chi connectivity index (χ0v) is 22.4. The van der Waals surface area contributed by atoms with E-state index in [1.165, 1.54) is 5.57 Å². The molecule has 2 N–H and O–H groups in total. The van der Waals surface area contributed by atoms with E-state index in [9.17, 15) is 19.4 Å². The topological polar surface area (TPSA) is 102 Å². The molecule has 0 aliphatic heterocycles. The Kier molecular flexibility index (Phi) is 8.69. The molecule has 0 saturated heterocycles. The summed E-state index contributed by atoms with van der Waals surface area (Å²) in [7, 11) is -4.46. The maximum atomic E-state index is 13.4. The number of aromatic hydroxyl groups is 1. The molecule has 2 aliphatic carbocycles. The largest absolute Gasteiger partial charge is 0.507 e. The summed E-state index contributed by atoms with van der Waals surface area (Å²) < 4.78 is 28.9. The fourth-order valence-electron chi connectivity index (χ4n) is 4.96. The van der Waals surface area contributed by atoms with Crippen LogP contribution < -0.4 is 4.74 Å². The average Bonchev–Trinajstić information content (AvgIpc) is 2.69. The molecule has 7 nitrogen and oxygen atoms in total. The van der Waals surface area contributed by atoms with Crippen molar-refractivity contribution in [1.82, 2.24) is 0 Å². The van der Waals surface area contributed by atoms with E-state index in [1.807, 2.05) is 13.8 Å². The Hall–Kier alpha value is -1.92. The van der Waals surface area contributed by atoms with Crippen molar-refractivity contribution >= 4 is 13.8 Å². The molecule has 194 valence electrons. The Morgan fingerprint density at radius 3 is 2.54 bits per heavy atom. The molecule has 3 atom stereocenters. The number of esters is 1. The summed E-state index contributed by atoms with van der Waals surface area (Å²) in [6.07, 6.45) is 6.13. The van der Waals surface area contributed by atoms with Crippen molar-refractivity contribution in [1.29, 1.82) is 0 Å². The highest BCUT2D eigenvalue weighted by atomic mass is 31.2. The summed E-state index contributed by atoms with van der Waals surface area (Å²) in [5, 5.41) is 11.1. The van der Waals surface area contributed by atoms with Crippen molar-refractivity contribution in [3.8, 4) is 11.5 Å². The van der Waals surface area contributed by atoms with Gasteiger partial charge in [0, 0.05) is 11.5 Å². The van der Waals surface area contributed by atoms with Gasteiger partial charge < -0.3 is 14.7 Å². The molecule has 1 aromatic carbocycles. The second kappa shape index (κ2) is 11.0. The SMILES string of the molecule is C=C(C)[C@@H]1CCC(C)=C[C@H]1c1c(O)cc(CCC)cc1OC(=O)C1(OP(=O)(O)OC(C)C)CCC1. The molecule has 3 rings (SSSR count). The van der Waals surface area contributed by atoms with Crippen LogP contribution in [0, 0.1) is 5.92 Å². The third-order valence-corrected chi connectivity index (χ3v) is 8.07. The van der Waals surface area contributed by atoms with Gasteiger partial charge in [-0.1, -0.05) is 37.1 Å². The monoisotopic (exact) mass is 506 g/mol. The molecule has 2 aliphatic rings. The van der Waals surface area contributed by atoms with Crippen molar-refractivity contribution < 1.29 is 33.1 Å². The summed E-state index contributed by atoms with van der Waals surface area (Å²) in [5.41, 5.74) is 2.02. The predicted octanol–water partition coefficient (Wildman–Crippen LogP) is 6.73. The van der Waals surface area contributed by atoms with Gasteiger partial charge >= 0.3 is 13.8 Å². The lowest BCUT2D eigenvalue weighted by atomic mass is 9.73. The number of benzene rings is 1. The number of hydrogen-bond donors (Lipinski definition) is 2. The fourth-order valence-corrected chi connectivity index (χ4v) is 6.23. The molecular formula is C27H39O7P. The third-order valence-electron chi connectivity index (χ3n) is 6.80. The normalized spacial score (nSPS) is 23.2. The number of phosphoric acid groups is 1. The van der Waals surface area contributed by atoms with Crippen LogP contribution in [0.1, 0.15) is 90.2 Å². The van der Waals surface area contributed by atoms with Crippen molar-refractivity contribution in [2.75, 3.05) is 0 Å². The molecule has 0 spiro atoms. The van der Waals surface area contributed by atoms with Crippen LogP contribution in [-0.2, 0) is 24.8 Å². The first-order valence-electron chi connectivity index (χ1n) is 12.5. The zero-order valence-electron chi connectivity index (χ0n) is 21.5. The molecule has 0 bridgehead atoms. The smallest absolute Gasteiger partial charge is 0.473 e. The first kappa shape index (κ1) is 27.7. The van der Waals surface area contributed by atoms with Crippen LogP contribution in [0.2, 0.25) is 0 Å². The summed E-state index contributed by atoms with van der Waals surface area (Å²) >= 11 is 0. The van der Waals surface area contributed by atoms with E-state index in [1.54, 1.807) is 26.0 Å². The van der Waals surface area contributed by atoms with Crippen molar-refractivity contribution in [3.63, 3.8) is 0 Å². The van der Waals surface area contributed by atoms with Gasteiger partial charge in [-0.25, -0.2) is 9.36 Å². The van der Waals surface area contributed by atoms with E-state index in [0.29, 0.717) is 18.4 Å². The standard InChI is InChI=1S/C27H39O7P/c1-7-9-20-15-23(28)25(22-14-19(6)10-11-21(22)17(2)3)24(16-20)32-26(29)27(12-8-13-27)34-35(30,31)33-18(4)5/h14-16,18,21-22,28H,2,7-13H2,1,3-6H3,(H,30,31)/t21-,22+/m0/s1. The zero-order chi connectivity index (χ0) is 26.0. The molecule has 0 aromatic heterocycles. The number of ether oxygens (including phenoxy) is 1. The molecule has 1 aromatic rings. The van der Waals surface area contributed by atoms with Crippen LogP contribution in [0.3, 0.4) is 0 Å². The quantitative estimate of drug-likeness (QED) is 0.157. The second-order valence-corrected chi connectivity index (χ2v) is 11.6. The number of rotatable bonds is 10. The lowest BCUT2D eigenvalue weighted by Gasteiger charge is -2.39. The van der Waals surface area contributed by atoms with E-state index in [4.69, 9.17) is 13.8 Å². The van der Waals surface area contributed by atoms with Crippen molar-refractivity contribution in [2.24, 2.45) is 5.92 Å². The van der Waals surface area contributed by atoms with Gasteiger partial charge in [-0.15, -0.1) is 0 Å². The van der Waals surface area contributed by atoms with Crippen LogP contribution in [0.15, 0.2) is 35.9 Å². The number of carbonyl (C=O) groups excluding carboxylic acids is 1. The lowest BCUT2D eigenvalue weighted by Crippen LogP contribution is -2.49. The Morgan fingerprint density at radius 2 is 2.00 bits per heavy atom. The molecular weight excluding hydrogens is 467 g/mol. The first-order chi connectivity index (χ1) is 16.4. The average molecular weight is 507 g/mol. The third kappa shape index (κ3) is 6.45. The van der Waals surface area contributed by atoms with E-state index >= 15 is 0 Å². The first-order valence-corrected chi connectivity index (χ1v) is 14.0. The highest BCUT2D eigenvalue weighted by Crippen LogP contribution is 2.54. The Balaban J connectivity index is 2.01. The summed E-state index contributed by atoms with van der Waals surface area (Å²) in [6.45, 7) is 13.5. The predicted molar refractivity (Wildman–Crippen MR) is 135 cm³/mol. The molecule has 35 heavy (non-hydrogen) atoms. The minimum atomic E-state index is -4.46. The van der Waals surface area contributed by atoms with E-state index < -0.39 is 25.5 Å². The minimum Gasteiger partial charge on any atom is -0.507 e. The maximum Gasteiger partial charge on any atom is 0.473 e. The van der Waals surface area contributed by atoms with Gasteiger partial charge in [0.1, 0.15) is 11.5 Å². The van der Waals surface area contributed by atoms with Gasteiger partial charge in [-0.05, 0) is 89.8 Å².